The lowest BCUT2D eigenvalue weighted by Gasteiger charge is -2.12. The first-order chi connectivity index (χ1) is 18.6. The van der Waals surface area contributed by atoms with Gasteiger partial charge < -0.3 is 19.4 Å². The van der Waals surface area contributed by atoms with Gasteiger partial charge in [-0.2, -0.15) is 0 Å². The number of hydrogen-bond acceptors (Lipinski definition) is 4. The molecular weight excluding hydrogens is 542 g/mol. The van der Waals surface area contributed by atoms with Crippen molar-refractivity contribution < 1.29 is 14.3 Å². The molecule has 4 rings (SSSR count). The van der Waals surface area contributed by atoms with E-state index in [1.54, 1.807) is 7.11 Å². The van der Waals surface area contributed by atoms with E-state index in [-0.39, 0.29) is 5.91 Å². The van der Waals surface area contributed by atoms with Gasteiger partial charge in [-0.3, -0.25) is 4.79 Å². The molecule has 0 radical (unpaired) electrons. The van der Waals surface area contributed by atoms with E-state index in [0.717, 1.165) is 70.6 Å². The highest BCUT2D eigenvalue weighted by Gasteiger charge is 2.11. The minimum absolute atomic E-state index is 0.0621. The minimum Gasteiger partial charge on any atom is -0.493 e. The predicted molar refractivity (Wildman–Crippen MR) is 157 cm³/mol. The zero-order chi connectivity index (χ0) is 26.7. The molecule has 1 amide bonds. The molecule has 0 bridgehead atoms. The number of fused-ring (bicyclic) bond motifs is 1. The fourth-order valence-corrected chi connectivity index (χ4v) is 4.80. The first kappa shape index (κ1) is 27.5. The lowest BCUT2D eigenvalue weighted by Crippen LogP contribution is -2.25. The molecule has 1 N–H and O–H groups in total. The third-order valence-corrected chi connectivity index (χ3v) is 6.76. The smallest absolute Gasteiger partial charge is 0.251 e. The first-order valence-electron chi connectivity index (χ1n) is 13.0. The molecule has 0 unspecified atom stereocenters. The number of amides is 1. The molecule has 0 aliphatic heterocycles. The summed E-state index contributed by atoms with van der Waals surface area (Å²) in [4.78, 5) is 17.3. The SMILES string of the molecule is C/C=C/c1ccc(OCCCCn2c(CCCNC(=O)c3cccc(Br)c3)nc3ccccc32)c(OC)c1. The zero-order valence-electron chi connectivity index (χ0n) is 22.0. The number of carbonyl (C=O) groups excluding carboxylic acids is 1. The Morgan fingerprint density at radius 1 is 1.03 bits per heavy atom. The normalized spacial score (nSPS) is 11.2. The van der Waals surface area contributed by atoms with Gasteiger partial charge in [-0.1, -0.05) is 52.3 Å². The van der Waals surface area contributed by atoms with Crippen LogP contribution in [0.5, 0.6) is 11.5 Å². The number of nitrogens with one attached hydrogen (secondary N) is 1. The summed E-state index contributed by atoms with van der Waals surface area (Å²) in [5.74, 6) is 2.49. The van der Waals surface area contributed by atoms with Gasteiger partial charge in [0, 0.05) is 29.5 Å². The lowest BCUT2D eigenvalue weighted by molar-refractivity contribution is 0.0953. The van der Waals surface area contributed by atoms with Crippen molar-refractivity contribution in [3.05, 3.63) is 94.2 Å². The minimum atomic E-state index is -0.0621. The molecule has 1 heterocycles. The van der Waals surface area contributed by atoms with Gasteiger partial charge in [0.25, 0.3) is 5.91 Å². The van der Waals surface area contributed by atoms with Gasteiger partial charge in [0.1, 0.15) is 5.82 Å². The molecule has 0 saturated heterocycles. The van der Waals surface area contributed by atoms with E-state index in [2.05, 4.69) is 44.0 Å². The van der Waals surface area contributed by atoms with Crippen LogP contribution in [-0.4, -0.2) is 35.7 Å². The van der Waals surface area contributed by atoms with E-state index < -0.39 is 0 Å². The first-order valence-corrected chi connectivity index (χ1v) is 13.8. The molecular formula is C31H34BrN3O3. The monoisotopic (exact) mass is 575 g/mol. The number of benzene rings is 3. The second-order valence-corrected chi connectivity index (χ2v) is 9.92. The number of carbonyl (C=O) groups is 1. The van der Waals surface area contributed by atoms with Crippen molar-refractivity contribution in [1.29, 1.82) is 0 Å². The molecule has 6 nitrogen and oxygen atoms in total. The molecule has 0 saturated carbocycles. The summed E-state index contributed by atoms with van der Waals surface area (Å²) in [6, 6.07) is 21.6. The van der Waals surface area contributed by atoms with E-state index in [9.17, 15) is 4.79 Å². The fraction of sp³-hybridized carbons (Fsp3) is 0.290. The number of unbranched alkanes of at least 4 members (excludes halogenated alkanes) is 1. The standard InChI is InChI=1S/C31H34BrN3O3/c1-3-10-23-16-17-28(29(21-23)37-2)38-20-7-6-19-35-27-14-5-4-13-26(27)34-30(35)15-9-18-33-31(36)24-11-8-12-25(32)22-24/h3-5,8,10-14,16-17,21-22H,6-7,9,15,18-20H2,1-2H3,(H,33,36)/b10-3+. The molecule has 198 valence electrons. The van der Waals surface area contributed by atoms with E-state index in [1.165, 1.54) is 0 Å². The van der Waals surface area contributed by atoms with Gasteiger partial charge in [-0.05, 0) is 74.2 Å². The number of para-hydroxylation sites is 2. The number of hydrogen-bond donors (Lipinski definition) is 1. The number of aromatic nitrogens is 2. The number of halogens is 1. The van der Waals surface area contributed by atoms with Crippen LogP contribution in [0.4, 0.5) is 0 Å². The molecule has 4 aromatic rings. The number of imidazole rings is 1. The van der Waals surface area contributed by atoms with Crippen LogP contribution in [0.15, 0.2) is 77.3 Å². The maximum atomic E-state index is 12.4. The largest absolute Gasteiger partial charge is 0.493 e. The molecule has 1 aromatic heterocycles. The molecule has 3 aromatic carbocycles. The Kier molecular flexibility index (Phi) is 9.98. The molecule has 0 spiro atoms. The molecule has 38 heavy (non-hydrogen) atoms. The maximum absolute atomic E-state index is 12.4. The van der Waals surface area contributed by atoms with Gasteiger partial charge >= 0.3 is 0 Å². The van der Waals surface area contributed by atoms with E-state index in [1.807, 2.05) is 67.6 Å². The molecule has 0 aliphatic carbocycles. The van der Waals surface area contributed by atoms with Crippen LogP contribution in [0.1, 0.15) is 47.9 Å². The van der Waals surface area contributed by atoms with Gasteiger partial charge in [-0.25, -0.2) is 4.98 Å². The van der Waals surface area contributed by atoms with Gasteiger partial charge in [0.15, 0.2) is 11.5 Å². The Balaban J connectivity index is 1.30. The van der Waals surface area contributed by atoms with Crippen molar-refractivity contribution >= 4 is 38.9 Å². The van der Waals surface area contributed by atoms with Crippen molar-refractivity contribution in [2.45, 2.75) is 39.2 Å². The highest BCUT2D eigenvalue weighted by molar-refractivity contribution is 9.10. The third kappa shape index (κ3) is 7.25. The number of methoxy groups -OCH3 is 1. The summed E-state index contributed by atoms with van der Waals surface area (Å²) in [5, 5.41) is 3.02. The summed E-state index contributed by atoms with van der Waals surface area (Å²) in [5.41, 5.74) is 3.88. The van der Waals surface area contributed by atoms with Crippen LogP contribution in [0.2, 0.25) is 0 Å². The topological polar surface area (TPSA) is 65.4 Å². The van der Waals surface area contributed by atoms with Gasteiger partial charge in [-0.15, -0.1) is 0 Å². The number of allylic oxidation sites excluding steroid dienone is 1. The third-order valence-electron chi connectivity index (χ3n) is 6.26. The Bertz CT molecular complexity index is 1400. The second-order valence-electron chi connectivity index (χ2n) is 9.00. The van der Waals surface area contributed by atoms with Crippen molar-refractivity contribution in [2.75, 3.05) is 20.3 Å². The average molecular weight is 577 g/mol. The number of aryl methyl sites for hydroxylation is 2. The fourth-order valence-electron chi connectivity index (χ4n) is 4.40. The molecule has 0 fully saturated rings. The zero-order valence-corrected chi connectivity index (χ0v) is 23.5. The van der Waals surface area contributed by atoms with Crippen LogP contribution < -0.4 is 14.8 Å². The second kappa shape index (κ2) is 13.8. The van der Waals surface area contributed by atoms with E-state index in [0.29, 0.717) is 18.7 Å². The van der Waals surface area contributed by atoms with Gasteiger partial charge in [0.05, 0.1) is 24.8 Å². The van der Waals surface area contributed by atoms with Crippen molar-refractivity contribution in [3.8, 4) is 11.5 Å². The Labute approximate surface area is 232 Å². The molecule has 7 heteroatoms. The summed E-state index contributed by atoms with van der Waals surface area (Å²) < 4.78 is 14.7. The number of ether oxygens (including phenoxy) is 2. The Morgan fingerprint density at radius 2 is 1.89 bits per heavy atom. The highest BCUT2D eigenvalue weighted by atomic mass is 79.9. The average Bonchev–Trinajstić information content (AvgIpc) is 3.28. The van der Waals surface area contributed by atoms with Gasteiger partial charge in [0.2, 0.25) is 0 Å². The van der Waals surface area contributed by atoms with Crippen LogP contribution in [-0.2, 0) is 13.0 Å². The molecule has 0 atom stereocenters. The Hall–Kier alpha value is -3.58. The number of nitrogens with zero attached hydrogens (tertiary/aromatic N) is 2. The quantitative estimate of drug-likeness (QED) is 0.173. The van der Waals surface area contributed by atoms with Crippen molar-refractivity contribution in [2.24, 2.45) is 0 Å². The highest BCUT2D eigenvalue weighted by Crippen LogP contribution is 2.29. The van der Waals surface area contributed by atoms with E-state index in [4.69, 9.17) is 14.5 Å². The predicted octanol–water partition coefficient (Wildman–Crippen LogP) is 7.06. The summed E-state index contributed by atoms with van der Waals surface area (Å²) >= 11 is 3.42. The van der Waals surface area contributed by atoms with Crippen molar-refractivity contribution in [1.82, 2.24) is 14.9 Å². The van der Waals surface area contributed by atoms with Crippen LogP contribution in [0.3, 0.4) is 0 Å². The Morgan fingerprint density at radius 3 is 2.71 bits per heavy atom. The van der Waals surface area contributed by atoms with E-state index >= 15 is 0 Å². The van der Waals surface area contributed by atoms with Crippen LogP contribution in [0, 0.1) is 0 Å². The number of rotatable bonds is 13. The summed E-state index contributed by atoms with van der Waals surface area (Å²) in [7, 11) is 1.67. The van der Waals surface area contributed by atoms with Crippen LogP contribution in [0.25, 0.3) is 17.1 Å². The molecule has 0 aliphatic rings. The maximum Gasteiger partial charge on any atom is 0.251 e. The van der Waals surface area contributed by atoms with Crippen LogP contribution >= 0.6 is 15.9 Å². The summed E-state index contributed by atoms with van der Waals surface area (Å²) in [6.07, 6.45) is 7.52. The van der Waals surface area contributed by atoms with Crippen molar-refractivity contribution in [3.63, 3.8) is 0 Å². The lowest BCUT2D eigenvalue weighted by atomic mass is 10.2. The summed E-state index contributed by atoms with van der Waals surface area (Å²) in [6.45, 7) is 4.07.